The Balaban J connectivity index is 2.48. The number of hydrogen-bond acceptors (Lipinski definition) is 2. The van der Waals surface area contributed by atoms with Crippen LogP contribution in [0.25, 0.3) is 0 Å². The molecule has 0 bridgehead atoms. The third kappa shape index (κ3) is 3.32. The van der Waals surface area contributed by atoms with Crippen molar-refractivity contribution in [1.82, 2.24) is 0 Å². The Morgan fingerprint density at radius 3 is 2.64 bits per heavy atom. The van der Waals surface area contributed by atoms with Gasteiger partial charge in [0.05, 0.1) is 24.5 Å². The van der Waals surface area contributed by atoms with Gasteiger partial charge in [-0.2, -0.15) is 5.26 Å². The molecule has 72 valence electrons. The van der Waals surface area contributed by atoms with E-state index in [1.54, 1.807) is 6.26 Å². The largest absolute Gasteiger partial charge is 0.502 e. The van der Waals surface area contributed by atoms with Crippen molar-refractivity contribution < 1.29 is 4.74 Å². The van der Waals surface area contributed by atoms with Crippen LogP contribution in [0.1, 0.15) is 18.1 Å². The van der Waals surface area contributed by atoms with Gasteiger partial charge in [0.1, 0.15) is 0 Å². The topological polar surface area (TPSA) is 33.0 Å². The van der Waals surface area contributed by atoms with E-state index in [9.17, 15) is 0 Å². The molecular formula is C12H13NO. The van der Waals surface area contributed by atoms with Gasteiger partial charge in [0.15, 0.2) is 0 Å². The van der Waals surface area contributed by atoms with E-state index in [0.717, 1.165) is 6.42 Å². The second kappa shape index (κ2) is 5.82. The van der Waals surface area contributed by atoms with Gasteiger partial charge >= 0.3 is 0 Å². The first-order valence-electron chi connectivity index (χ1n) is 4.62. The number of ether oxygens (including phenoxy) is 1. The molecule has 1 aromatic carbocycles. The average Bonchev–Trinajstić information content (AvgIpc) is 2.25. The molecule has 0 aliphatic rings. The van der Waals surface area contributed by atoms with E-state index in [-0.39, 0.29) is 0 Å². The maximum Gasteiger partial charge on any atom is 0.0991 e. The lowest BCUT2D eigenvalue weighted by Crippen LogP contribution is -1.83. The van der Waals surface area contributed by atoms with E-state index in [2.05, 4.69) is 6.07 Å². The van der Waals surface area contributed by atoms with Crippen molar-refractivity contribution in [2.24, 2.45) is 0 Å². The van der Waals surface area contributed by atoms with E-state index in [4.69, 9.17) is 10.00 Å². The Morgan fingerprint density at radius 1 is 1.36 bits per heavy atom. The zero-order valence-corrected chi connectivity index (χ0v) is 8.23. The van der Waals surface area contributed by atoms with Crippen LogP contribution in [0.15, 0.2) is 36.6 Å². The number of rotatable bonds is 4. The molecule has 0 atom stereocenters. The van der Waals surface area contributed by atoms with E-state index in [1.165, 1.54) is 5.56 Å². The summed E-state index contributed by atoms with van der Waals surface area (Å²) in [5.74, 6) is 0. The SMILES string of the molecule is CCO/C=C\Cc1ccc(C#N)cc1. The maximum atomic E-state index is 8.59. The smallest absolute Gasteiger partial charge is 0.0991 e. The predicted molar refractivity (Wildman–Crippen MR) is 55.6 cm³/mol. The molecule has 1 rings (SSSR count). The molecule has 0 unspecified atom stereocenters. The Morgan fingerprint density at radius 2 is 2.07 bits per heavy atom. The Labute approximate surface area is 84.4 Å². The summed E-state index contributed by atoms with van der Waals surface area (Å²) in [7, 11) is 0. The summed E-state index contributed by atoms with van der Waals surface area (Å²) in [4.78, 5) is 0. The summed E-state index contributed by atoms with van der Waals surface area (Å²) in [6, 6.07) is 9.64. The molecule has 2 nitrogen and oxygen atoms in total. The highest BCUT2D eigenvalue weighted by molar-refractivity contribution is 5.32. The van der Waals surface area contributed by atoms with Gasteiger partial charge in [-0.3, -0.25) is 0 Å². The Bertz CT molecular complexity index is 332. The first kappa shape index (κ1) is 10.3. The van der Waals surface area contributed by atoms with Crippen LogP contribution in [0.5, 0.6) is 0 Å². The second-order valence-electron chi connectivity index (χ2n) is 2.84. The van der Waals surface area contributed by atoms with Crippen LogP contribution in [0, 0.1) is 11.3 Å². The lowest BCUT2D eigenvalue weighted by Gasteiger charge is -1.96. The lowest BCUT2D eigenvalue weighted by atomic mass is 10.1. The molecule has 0 heterocycles. The van der Waals surface area contributed by atoms with Crippen molar-refractivity contribution in [3.8, 4) is 6.07 Å². The number of allylic oxidation sites excluding steroid dienone is 1. The third-order valence-electron chi connectivity index (χ3n) is 1.80. The molecule has 0 amide bonds. The zero-order chi connectivity index (χ0) is 10.2. The Hall–Kier alpha value is -1.75. The Kier molecular flexibility index (Phi) is 4.30. The lowest BCUT2D eigenvalue weighted by molar-refractivity contribution is 0.268. The van der Waals surface area contributed by atoms with Crippen molar-refractivity contribution in [3.05, 3.63) is 47.7 Å². The van der Waals surface area contributed by atoms with Crippen molar-refractivity contribution >= 4 is 0 Å². The van der Waals surface area contributed by atoms with Crippen LogP contribution in [-0.4, -0.2) is 6.61 Å². The molecule has 0 radical (unpaired) electrons. The summed E-state index contributed by atoms with van der Waals surface area (Å²) in [6.45, 7) is 2.65. The molecule has 1 aromatic rings. The highest BCUT2D eigenvalue weighted by Gasteiger charge is 1.90. The average molecular weight is 187 g/mol. The van der Waals surface area contributed by atoms with Crippen molar-refractivity contribution in [1.29, 1.82) is 5.26 Å². The summed E-state index contributed by atoms with van der Waals surface area (Å²) < 4.78 is 5.07. The fourth-order valence-corrected chi connectivity index (χ4v) is 1.06. The fourth-order valence-electron chi connectivity index (χ4n) is 1.06. The molecular weight excluding hydrogens is 174 g/mol. The minimum atomic E-state index is 0.697. The number of nitriles is 1. The van der Waals surface area contributed by atoms with Gasteiger partial charge < -0.3 is 4.74 Å². The second-order valence-corrected chi connectivity index (χ2v) is 2.84. The monoisotopic (exact) mass is 187 g/mol. The van der Waals surface area contributed by atoms with Crippen LogP contribution in [0.4, 0.5) is 0 Å². The molecule has 0 aliphatic heterocycles. The summed E-state index contributed by atoms with van der Waals surface area (Å²) in [5, 5.41) is 8.59. The van der Waals surface area contributed by atoms with E-state index < -0.39 is 0 Å². The predicted octanol–water partition coefficient (Wildman–Crippen LogP) is 2.65. The quantitative estimate of drug-likeness (QED) is 0.679. The molecule has 2 heteroatoms. The van der Waals surface area contributed by atoms with Gasteiger partial charge in [-0.25, -0.2) is 0 Å². The fraction of sp³-hybridized carbons (Fsp3) is 0.250. The summed E-state index contributed by atoms with van der Waals surface area (Å²) >= 11 is 0. The van der Waals surface area contributed by atoms with Crippen molar-refractivity contribution in [3.63, 3.8) is 0 Å². The molecule has 0 aromatic heterocycles. The van der Waals surface area contributed by atoms with Gasteiger partial charge in [-0.05, 0) is 37.1 Å². The van der Waals surface area contributed by atoms with Gasteiger partial charge in [-0.1, -0.05) is 12.1 Å². The molecule has 0 N–H and O–H groups in total. The van der Waals surface area contributed by atoms with Gasteiger partial charge in [-0.15, -0.1) is 0 Å². The number of benzene rings is 1. The molecule has 0 saturated heterocycles. The molecule has 14 heavy (non-hydrogen) atoms. The van der Waals surface area contributed by atoms with Crippen LogP contribution in [0.2, 0.25) is 0 Å². The third-order valence-corrected chi connectivity index (χ3v) is 1.80. The van der Waals surface area contributed by atoms with E-state index in [1.807, 2.05) is 37.3 Å². The minimum Gasteiger partial charge on any atom is -0.502 e. The van der Waals surface area contributed by atoms with Crippen molar-refractivity contribution in [2.75, 3.05) is 6.61 Å². The summed E-state index contributed by atoms with van der Waals surface area (Å²) in [5.41, 5.74) is 1.88. The molecule has 0 spiro atoms. The number of nitrogens with zero attached hydrogens (tertiary/aromatic N) is 1. The minimum absolute atomic E-state index is 0.697. The zero-order valence-electron chi connectivity index (χ0n) is 8.23. The number of hydrogen-bond donors (Lipinski definition) is 0. The first-order valence-corrected chi connectivity index (χ1v) is 4.62. The first-order chi connectivity index (χ1) is 6.86. The van der Waals surface area contributed by atoms with Crippen molar-refractivity contribution in [2.45, 2.75) is 13.3 Å². The highest BCUT2D eigenvalue weighted by atomic mass is 16.5. The highest BCUT2D eigenvalue weighted by Crippen LogP contribution is 2.04. The maximum absolute atomic E-state index is 8.59. The van der Waals surface area contributed by atoms with E-state index >= 15 is 0 Å². The summed E-state index contributed by atoms with van der Waals surface area (Å²) in [6.07, 6.45) is 4.51. The van der Waals surface area contributed by atoms with Crippen LogP contribution >= 0.6 is 0 Å². The van der Waals surface area contributed by atoms with Gasteiger partial charge in [0, 0.05) is 0 Å². The normalized spacial score (nSPS) is 10.0. The molecule has 0 saturated carbocycles. The standard InChI is InChI=1S/C12H13NO/c1-2-14-9-3-4-11-5-7-12(10-13)8-6-11/h3,5-9H,2,4H2,1H3/b9-3-. The van der Waals surface area contributed by atoms with Gasteiger partial charge in [0.2, 0.25) is 0 Å². The van der Waals surface area contributed by atoms with Crippen LogP contribution < -0.4 is 0 Å². The van der Waals surface area contributed by atoms with E-state index in [0.29, 0.717) is 12.2 Å². The molecule has 0 fully saturated rings. The van der Waals surface area contributed by atoms with Crippen LogP contribution in [-0.2, 0) is 11.2 Å². The van der Waals surface area contributed by atoms with Crippen LogP contribution in [0.3, 0.4) is 0 Å². The van der Waals surface area contributed by atoms with Gasteiger partial charge in [0.25, 0.3) is 0 Å². The molecule has 0 aliphatic carbocycles.